The Balaban J connectivity index is 1.97. The maximum absolute atomic E-state index is 13.6. The largest absolute Gasteiger partial charge is 0.506 e. The van der Waals surface area contributed by atoms with Gasteiger partial charge in [0.05, 0.1) is 40.6 Å². The Hall–Kier alpha value is -3.07. The molecule has 3 aromatic rings. The Morgan fingerprint density at radius 1 is 1.26 bits per heavy atom. The number of carbonyl (C=O) groups is 1. The molecule has 1 N–H and O–H groups in total. The molecule has 0 fully saturated rings. The van der Waals surface area contributed by atoms with Crippen molar-refractivity contribution in [3.8, 4) is 11.5 Å². The molecule has 0 saturated carbocycles. The van der Waals surface area contributed by atoms with Crippen LogP contribution in [0.15, 0.2) is 57.5 Å². The molecule has 0 saturated heterocycles. The summed E-state index contributed by atoms with van der Waals surface area (Å²) in [5, 5.41) is 10.7. The van der Waals surface area contributed by atoms with Crippen LogP contribution in [0.4, 0.5) is 0 Å². The van der Waals surface area contributed by atoms with E-state index in [-0.39, 0.29) is 28.5 Å². The van der Waals surface area contributed by atoms with E-state index < -0.39 is 12.0 Å². The van der Waals surface area contributed by atoms with E-state index in [2.05, 4.69) is 4.99 Å². The molecule has 1 aliphatic heterocycles. The highest BCUT2D eigenvalue weighted by atomic mass is 35.5. The van der Waals surface area contributed by atoms with Crippen LogP contribution < -0.4 is 19.6 Å². The standard InChI is InChI=1S/C24H20Cl2N2O5S/c1-4-33-23(31)19-12(2)27-24-28(20(19)13-5-7-16(32-3)8-6-13)22(30)18(34-24)10-14-9-15(25)11-17(26)21(14)29/h5-11,20,29H,4H2,1-3H3/b18-10-/t20-/m0/s1. The maximum atomic E-state index is 13.6. The lowest BCUT2D eigenvalue weighted by molar-refractivity contribution is -0.139. The summed E-state index contributed by atoms with van der Waals surface area (Å²) in [7, 11) is 1.56. The summed E-state index contributed by atoms with van der Waals surface area (Å²) in [6.07, 6.45) is 1.51. The third-order valence-electron chi connectivity index (χ3n) is 5.29. The SMILES string of the molecule is CCOC(=O)C1=C(C)N=c2s/c(=C\c3cc(Cl)cc(Cl)c3O)c(=O)n2[C@H]1c1ccc(OC)cc1. The molecule has 1 aromatic heterocycles. The zero-order valence-electron chi connectivity index (χ0n) is 18.5. The second-order valence-electron chi connectivity index (χ2n) is 7.40. The second kappa shape index (κ2) is 9.66. The Morgan fingerprint density at radius 2 is 1.97 bits per heavy atom. The first-order chi connectivity index (χ1) is 16.2. The lowest BCUT2D eigenvalue weighted by Crippen LogP contribution is -2.39. The van der Waals surface area contributed by atoms with Crippen molar-refractivity contribution < 1.29 is 19.4 Å². The number of thiazole rings is 1. The van der Waals surface area contributed by atoms with Crippen molar-refractivity contribution in [2.24, 2.45) is 4.99 Å². The highest BCUT2D eigenvalue weighted by Gasteiger charge is 2.33. The van der Waals surface area contributed by atoms with E-state index in [1.807, 2.05) is 0 Å². The van der Waals surface area contributed by atoms with Crippen molar-refractivity contribution >= 4 is 46.6 Å². The van der Waals surface area contributed by atoms with Gasteiger partial charge in [0, 0.05) is 10.6 Å². The summed E-state index contributed by atoms with van der Waals surface area (Å²) in [4.78, 5) is 31.4. The number of nitrogens with zero attached hydrogens (tertiary/aromatic N) is 2. The number of ether oxygens (including phenoxy) is 2. The molecule has 0 unspecified atom stereocenters. The number of halogens is 2. The molecule has 34 heavy (non-hydrogen) atoms. The monoisotopic (exact) mass is 518 g/mol. The van der Waals surface area contributed by atoms with Crippen molar-refractivity contribution in [3.63, 3.8) is 0 Å². The molecule has 4 rings (SSSR count). The molecule has 0 radical (unpaired) electrons. The zero-order valence-corrected chi connectivity index (χ0v) is 20.8. The molecular formula is C24H20Cl2N2O5S. The maximum Gasteiger partial charge on any atom is 0.338 e. The normalized spacial score (nSPS) is 15.7. The number of aromatic nitrogens is 1. The van der Waals surface area contributed by atoms with Gasteiger partial charge in [-0.25, -0.2) is 9.79 Å². The van der Waals surface area contributed by atoms with E-state index in [1.165, 1.54) is 22.8 Å². The number of phenolic OH excluding ortho intramolecular Hbond substituents is 1. The molecule has 10 heteroatoms. The molecule has 7 nitrogen and oxygen atoms in total. The number of esters is 1. The summed E-state index contributed by atoms with van der Waals surface area (Å²) in [5.41, 5.74) is 1.35. The number of carbonyl (C=O) groups excluding carboxylic acids is 1. The smallest absolute Gasteiger partial charge is 0.338 e. The minimum atomic E-state index is -0.750. The fraction of sp³-hybridized carbons (Fsp3) is 0.208. The van der Waals surface area contributed by atoms with Crippen LogP contribution in [0, 0.1) is 0 Å². The van der Waals surface area contributed by atoms with Gasteiger partial charge in [-0.05, 0) is 49.8 Å². The Morgan fingerprint density at radius 3 is 2.62 bits per heavy atom. The number of aromatic hydroxyl groups is 1. The first-order valence-corrected chi connectivity index (χ1v) is 11.8. The fourth-order valence-corrected chi connectivity index (χ4v) is 5.28. The van der Waals surface area contributed by atoms with Crippen LogP contribution >= 0.6 is 34.5 Å². The molecule has 0 aliphatic carbocycles. The molecule has 1 atom stereocenters. The number of rotatable bonds is 5. The first-order valence-electron chi connectivity index (χ1n) is 10.3. The van der Waals surface area contributed by atoms with E-state index >= 15 is 0 Å². The van der Waals surface area contributed by atoms with Gasteiger partial charge in [0.25, 0.3) is 5.56 Å². The molecule has 0 spiro atoms. The summed E-state index contributed by atoms with van der Waals surface area (Å²) in [5.74, 6) is -0.0898. The van der Waals surface area contributed by atoms with E-state index in [1.54, 1.807) is 45.2 Å². The first kappa shape index (κ1) is 24.1. The van der Waals surface area contributed by atoms with Crippen molar-refractivity contribution in [1.29, 1.82) is 0 Å². The highest BCUT2D eigenvalue weighted by Crippen LogP contribution is 2.33. The number of hydrogen-bond donors (Lipinski definition) is 1. The van der Waals surface area contributed by atoms with Gasteiger partial charge in [-0.1, -0.05) is 46.7 Å². The molecule has 0 bridgehead atoms. The van der Waals surface area contributed by atoms with Gasteiger partial charge in [0.15, 0.2) is 4.80 Å². The molecule has 0 amide bonds. The van der Waals surface area contributed by atoms with E-state index in [0.717, 1.165) is 11.3 Å². The predicted octanol–water partition coefficient (Wildman–Crippen LogP) is 3.82. The van der Waals surface area contributed by atoms with Gasteiger partial charge in [0.1, 0.15) is 11.5 Å². The average molecular weight is 519 g/mol. The summed E-state index contributed by atoms with van der Waals surface area (Å²) >= 11 is 13.2. The number of benzene rings is 2. The summed E-state index contributed by atoms with van der Waals surface area (Å²) in [6, 6.07) is 9.28. The molecule has 176 valence electrons. The van der Waals surface area contributed by atoms with E-state index in [4.69, 9.17) is 32.7 Å². The lowest BCUT2D eigenvalue weighted by Gasteiger charge is -2.24. The Bertz CT molecular complexity index is 1490. The topological polar surface area (TPSA) is 90.1 Å². The van der Waals surface area contributed by atoms with Gasteiger partial charge in [-0.3, -0.25) is 9.36 Å². The van der Waals surface area contributed by atoms with Crippen LogP contribution in [0.3, 0.4) is 0 Å². The molecular weight excluding hydrogens is 499 g/mol. The van der Waals surface area contributed by atoms with Crippen molar-refractivity contribution in [2.45, 2.75) is 19.9 Å². The molecule has 2 aromatic carbocycles. The van der Waals surface area contributed by atoms with Crippen molar-refractivity contribution in [3.05, 3.63) is 88.5 Å². The zero-order chi connectivity index (χ0) is 24.6. The van der Waals surface area contributed by atoms with Gasteiger partial charge in [-0.15, -0.1) is 0 Å². The third-order valence-corrected chi connectivity index (χ3v) is 6.78. The van der Waals surface area contributed by atoms with Gasteiger partial charge in [0.2, 0.25) is 0 Å². The van der Waals surface area contributed by atoms with E-state index in [0.29, 0.717) is 36.9 Å². The van der Waals surface area contributed by atoms with Crippen LogP contribution in [-0.4, -0.2) is 29.4 Å². The van der Waals surface area contributed by atoms with Crippen LogP contribution in [0.1, 0.15) is 31.0 Å². The van der Waals surface area contributed by atoms with Gasteiger partial charge < -0.3 is 14.6 Å². The number of allylic oxidation sites excluding steroid dienone is 1. The summed E-state index contributed by atoms with van der Waals surface area (Å²) in [6.45, 7) is 3.61. The van der Waals surface area contributed by atoms with Crippen LogP contribution in [-0.2, 0) is 9.53 Å². The van der Waals surface area contributed by atoms with Crippen LogP contribution in [0.2, 0.25) is 10.0 Å². The third kappa shape index (κ3) is 4.36. The minimum absolute atomic E-state index is 0.0723. The van der Waals surface area contributed by atoms with Crippen molar-refractivity contribution in [2.75, 3.05) is 13.7 Å². The average Bonchev–Trinajstić information content (AvgIpc) is 3.10. The number of methoxy groups -OCH3 is 1. The van der Waals surface area contributed by atoms with Crippen LogP contribution in [0.25, 0.3) is 6.08 Å². The molecule has 2 heterocycles. The van der Waals surface area contributed by atoms with Gasteiger partial charge >= 0.3 is 5.97 Å². The Kier molecular flexibility index (Phi) is 6.84. The Labute approximate surface area is 208 Å². The number of phenols is 1. The lowest BCUT2D eigenvalue weighted by atomic mass is 9.96. The molecule has 1 aliphatic rings. The number of fused-ring (bicyclic) bond motifs is 1. The summed E-state index contributed by atoms with van der Waals surface area (Å²) < 4.78 is 12.3. The highest BCUT2D eigenvalue weighted by molar-refractivity contribution is 7.07. The quantitative estimate of drug-likeness (QED) is 0.518. The van der Waals surface area contributed by atoms with E-state index in [9.17, 15) is 14.7 Å². The fourth-order valence-electron chi connectivity index (χ4n) is 3.73. The second-order valence-corrected chi connectivity index (χ2v) is 9.25. The van der Waals surface area contributed by atoms with Crippen LogP contribution in [0.5, 0.6) is 11.5 Å². The predicted molar refractivity (Wildman–Crippen MR) is 132 cm³/mol. The van der Waals surface area contributed by atoms with Gasteiger partial charge in [-0.2, -0.15) is 0 Å². The minimum Gasteiger partial charge on any atom is -0.506 e. The number of hydrogen-bond acceptors (Lipinski definition) is 7. The van der Waals surface area contributed by atoms with Crippen molar-refractivity contribution in [1.82, 2.24) is 4.57 Å².